The van der Waals surface area contributed by atoms with Crippen LogP contribution in [0, 0.1) is 20.8 Å². The Hall–Kier alpha value is -0.960. The number of aryl methyl sites for hydroxylation is 3. The second kappa shape index (κ2) is 3.63. The largest absolute Gasteiger partial charge is 0.378 e. The van der Waals surface area contributed by atoms with Gasteiger partial charge in [-0.1, -0.05) is 0 Å². The van der Waals surface area contributed by atoms with Gasteiger partial charge in [-0.05, 0) is 20.8 Å². The van der Waals surface area contributed by atoms with E-state index in [1.54, 1.807) is 7.11 Å². The lowest BCUT2D eigenvalue weighted by molar-refractivity contribution is 0.180. The highest BCUT2D eigenvalue weighted by molar-refractivity contribution is 5.16. The number of hydrogen-bond acceptors (Lipinski definition) is 3. The predicted molar refractivity (Wildman–Crippen MR) is 47.0 cm³/mol. The van der Waals surface area contributed by atoms with Crippen molar-refractivity contribution in [1.29, 1.82) is 0 Å². The highest BCUT2D eigenvalue weighted by atomic mass is 16.5. The number of aromatic nitrogens is 2. The molecule has 3 heteroatoms. The van der Waals surface area contributed by atoms with Gasteiger partial charge in [0.05, 0.1) is 29.4 Å². The van der Waals surface area contributed by atoms with Crippen molar-refractivity contribution in [2.24, 2.45) is 0 Å². The minimum atomic E-state index is 0.542. The van der Waals surface area contributed by atoms with Crippen molar-refractivity contribution in [2.75, 3.05) is 7.11 Å². The Morgan fingerprint density at radius 3 is 2.17 bits per heavy atom. The highest BCUT2D eigenvalue weighted by Gasteiger charge is 2.03. The van der Waals surface area contributed by atoms with Crippen LogP contribution < -0.4 is 0 Å². The van der Waals surface area contributed by atoms with Crippen molar-refractivity contribution in [3.8, 4) is 0 Å². The van der Waals surface area contributed by atoms with Crippen LogP contribution in [0.3, 0.4) is 0 Å². The summed E-state index contributed by atoms with van der Waals surface area (Å²) in [4.78, 5) is 8.72. The van der Waals surface area contributed by atoms with Crippen molar-refractivity contribution in [1.82, 2.24) is 9.97 Å². The van der Waals surface area contributed by atoms with E-state index in [0.717, 1.165) is 22.8 Å². The number of ether oxygens (including phenoxy) is 1. The summed E-state index contributed by atoms with van der Waals surface area (Å²) in [6.07, 6.45) is 0. The maximum atomic E-state index is 5.00. The van der Waals surface area contributed by atoms with Crippen LogP contribution in [-0.2, 0) is 11.3 Å². The zero-order valence-electron chi connectivity index (χ0n) is 8.01. The Bertz CT molecular complexity index is 284. The van der Waals surface area contributed by atoms with Crippen LogP contribution >= 0.6 is 0 Å². The van der Waals surface area contributed by atoms with Crippen LogP contribution in [0.25, 0.3) is 0 Å². The zero-order valence-corrected chi connectivity index (χ0v) is 8.01. The molecule has 0 N–H and O–H groups in total. The Morgan fingerprint density at radius 1 is 1.00 bits per heavy atom. The smallest absolute Gasteiger partial charge is 0.0902 e. The van der Waals surface area contributed by atoms with Gasteiger partial charge < -0.3 is 4.74 Å². The van der Waals surface area contributed by atoms with E-state index < -0.39 is 0 Å². The van der Waals surface area contributed by atoms with Crippen molar-refractivity contribution in [3.05, 3.63) is 22.8 Å². The SMILES string of the molecule is COCc1nc(C)c(C)nc1C. The maximum absolute atomic E-state index is 5.00. The van der Waals surface area contributed by atoms with E-state index in [4.69, 9.17) is 4.74 Å². The van der Waals surface area contributed by atoms with Crippen LogP contribution in [0.5, 0.6) is 0 Å². The molecule has 0 aliphatic carbocycles. The molecule has 0 bridgehead atoms. The summed E-state index contributed by atoms with van der Waals surface area (Å²) in [7, 11) is 1.66. The summed E-state index contributed by atoms with van der Waals surface area (Å²) in [6, 6.07) is 0. The standard InChI is InChI=1S/C9H14N2O/c1-6-7(2)11-9(5-12-4)8(3)10-6/h5H2,1-4H3. The summed E-state index contributed by atoms with van der Waals surface area (Å²) in [5, 5.41) is 0. The lowest BCUT2D eigenvalue weighted by atomic mass is 10.3. The van der Waals surface area contributed by atoms with E-state index in [2.05, 4.69) is 9.97 Å². The second-order valence-corrected chi connectivity index (χ2v) is 2.86. The Balaban J connectivity index is 3.05. The van der Waals surface area contributed by atoms with E-state index in [1.807, 2.05) is 20.8 Å². The minimum Gasteiger partial charge on any atom is -0.378 e. The highest BCUT2D eigenvalue weighted by Crippen LogP contribution is 2.07. The molecule has 0 saturated carbocycles. The third-order valence-electron chi connectivity index (χ3n) is 1.86. The Kier molecular flexibility index (Phi) is 2.76. The lowest BCUT2D eigenvalue weighted by Gasteiger charge is -2.06. The molecule has 1 aromatic heterocycles. The molecule has 0 unspecified atom stereocenters. The molecular formula is C9H14N2O. The van der Waals surface area contributed by atoms with Gasteiger partial charge in [0.25, 0.3) is 0 Å². The molecular weight excluding hydrogens is 152 g/mol. The average molecular weight is 166 g/mol. The molecule has 0 amide bonds. The predicted octanol–water partition coefficient (Wildman–Crippen LogP) is 1.55. The molecule has 0 aliphatic rings. The molecule has 1 aromatic rings. The van der Waals surface area contributed by atoms with Crippen LogP contribution in [0.1, 0.15) is 22.8 Å². The summed E-state index contributed by atoms with van der Waals surface area (Å²) in [6.45, 7) is 6.42. The van der Waals surface area contributed by atoms with Gasteiger partial charge in [-0.15, -0.1) is 0 Å². The van der Waals surface area contributed by atoms with Crippen LogP contribution in [0.2, 0.25) is 0 Å². The fraction of sp³-hybridized carbons (Fsp3) is 0.556. The lowest BCUT2D eigenvalue weighted by Crippen LogP contribution is -2.03. The summed E-state index contributed by atoms with van der Waals surface area (Å²) in [5.41, 5.74) is 3.86. The first kappa shape index (κ1) is 9.13. The summed E-state index contributed by atoms with van der Waals surface area (Å²) < 4.78 is 5.00. The van der Waals surface area contributed by atoms with Crippen molar-refractivity contribution >= 4 is 0 Å². The van der Waals surface area contributed by atoms with Crippen LogP contribution in [0.4, 0.5) is 0 Å². The van der Waals surface area contributed by atoms with Gasteiger partial charge >= 0.3 is 0 Å². The van der Waals surface area contributed by atoms with Crippen molar-refractivity contribution in [3.63, 3.8) is 0 Å². The van der Waals surface area contributed by atoms with E-state index >= 15 is 0 Å². The van der Waals surface area contributed by atoms with E-state index in [-0.39, 0.29) is 0 Å². The molecule has 12 heavy (non-hydrogen) atoms. The van der Waals surface area contributed by atoms with Crippen LogP contribution in [-0.4, -0.2) is 17.1 Å². The van der Waals surface area contributed by atoms with Gasteiger partial charge in [-0.2, -0.15) is 0 Å². The quantitative estimate of drug-likeness (QED) is 0.668. The molecule has 3 nitrogen and oxygen atoms in total. The number of methoxy groups -OCH3 is 1. The molecule has 66 valence electrons. The third-order valence-corrected chi connectivity index (χ3v) is 1.86. The van der Waals surface area contributed by atoms with Gasteiger partial charge in [-0.3, -0.25) is 9.97 Å². The van der Waals surface area contributed by atoms with Gasteiger partial charge in [0.1, 0.15) is 0 Å². The molecule has 0 atom stereocenters. The fourth-order valence-electron chi connectivity index (χ4n) is 1.03. The number of rotatable bonds is 2. The van der Waals surface area contributed by atoms with Gasteiger partial charge in [-0.25, -0.2) is 0 Å². The first-order valence-electron chi connectivity index (χ1n) is 3.94. The van der Waals surface area contributed by atoms with E-state index in [1.165, 1.54) is 0 Å². The van der Waals surface area contributed by atoms with Gasteiger partial charge in [0, 0.05) is 7.11 Å². The van der Waals surface area contributed by atoms with Gasteiger partial charge in [0.15, 0.2) is 0 Å². The minimum absolute atomic E-state index is 0.542. The van der Waals surface area contributed by atoms with Crippen molar-refractivity contribution < 1.29 is 4.74 Å². The average Bonchev–Trinajstić information content (AvgIpc) is 2.01. The molecule has 0 radical (unpaired) electrons. The second-order valence-electron chi connectivity index (χ2n) is 2.86. The first-order chi connectivity index (χ1) is 5.65. The van der Waals surface area contributed by atoms with E-state index in [9.17, 15) is 0 Å². The zero-order chi connectivity index (χ0) is 9.14. The van der Waals surface area contributed by atoms with Crippen LogP contribution in [0.15, 0.2) is 0 Å². The Morgan fingerprint density at radius 2 is 1.58 bits per heavy atom. The fourth-order valence-corrected chi connectivity index (χ4v) is 1.03. The monoisotopic (exact) mass is 166 g/mol. The first-order valence-corrected chi connectivity index (χ1v) is 3.94. The molecule has 0 aliphatic heterocycles. The maximum Gasteiger partial charge on any atom is 0.0902 e. The summed E-state index contributed by atoms with van der Waals surface area (Å²) >= 11 is 0. The van der Waals surface area contributed by atoms with E-state index in [0.29, 0.717) is 6.61 Å². The summed E-state index contributed by atoms with van der Waals surface area (Å²) in [5.74, 6) is 0. The molecule has 0 spiro atoms. The normalized spacial score (nSPS) is 10.3. The number of nitrogens with zero attached hydrogens (tertiary/aromatic N) is 2. The molecule has 0 fully saturated rings. The molecule has 1 heterocycles. The van der Waals surface area contributed by atoms with Crippen molar-refractivity contribution in [2.45, 2.75) is 27.4 Å². The van der Waals surface area contributed by atoms with Gasteiger partial charge in [0.2, 0.25) is 0 Å². The molecule has 1 rings (SSSR count). The topological polar surface area (TPSA) is 35.0 Å². The number of hydrogen-bond donors (Lipinski definition) is 0. The third kappa shape index (κ3) is 1.80. The molecule has 0 aromatic carbocycles. The Labute approximate surface area is 72.8 Å². The molecule has 0 saturated heterocycles.